The number of hydrogen-bond donors (Lipinski definition) is 2. The number of aryl methyl sites for hydroxylation is 2. The van der Waals surface area contributed by atoms with Crippen molar-refractivity contribution in [2.24, 2.45) is 5.92 Å². The van der Waals surface area contributed by atoms with Crippen LogP contribution in [0.25, 0.3) is 0 Å². The van der Waals surface area contributed by atoms with Crippen LogP contribution in [0.4, 0.5) is 0 Å². The first-order valence-corrected chi connectivity index (χ1v) is 8.71. The first-order valence-electron chi connectivity index (χ1n) is 8.71. The average molecular weight is 287 g/mol. The van der Waals surface area contributed by atoms with E-state index >= 15 is 0 Å². The van der Waals surface area contributed by atoms with Crippen molar-refractivity contribution in [2.75, 3.05) is 0 Å². The van der Waals surface area contributed by atoms with E-state index in [0.717, 1.165) is 11.5 Å². The molecule has 2 aliphatic rings. The molecule has 1 saturated carbocycles. The molecule has 4 unspecified atom stereocenters. The van der Waals surface area contributed by atoms with Gasteiger partial charge in [0.25, 0.3) is 0 Å². The molecule has 0 amide bonds. The molecule has 0 radical (unpaired) electrons. The van der Waals surface area contributed by atoms with Crippen LogP contribution in [-0.2, 0) is 12.8 Å². The van der Waals surface area contributed by atoms with Crippen LogP contribution in [0.2, 0.25) is 0 Å². The first-order chi connectivity index (χ1) is 10.1. The number of nitrogens with one attached hydrogen (secondary N) is 1. The topological polar surface area (TPSA) is 32.3 Å². The second-order valence-corrected chi connectivity index (χ2v) is 7.15. The van der Waals surface area contributed by atoms with Crippen molar-refractivity contribution in [3.05, 3.63) is 34.9 Å². The molecule has 1 fully saturated rings. The molecule has 2 heteroatoms. The van der Waals surface area contributed by atoms with Crippen molar-refractivity contribution < 1.29 is 5.11 Å². The standard InChI is InChI=1S/C19H29NO/c1-13-6-3-4-9-18(13)20-14(2)19(21)17-11-10-15-7-5-8-16(15)12-17/h10-14,18-21H,3-9H2,1-2H3. The number of fused-ring (bicyclic) bond motifs is 1. The van der Waals surface area contributed by atoms with E-state index in [4.69, 9.17) is 0 Å². The molecule has 2 aliphatic carbocycles. The molecule has 3 rings (SSSR count). The van der Waals surface area contributed by atoms with Crippen LogP contribution >= 0.6 is 0 Å². The largest absolute Gasteiger partial charge is 0.387 e. The maximum absolute atomic E-state index is 10.7. The van der Waals surface area contributed by atoms with Gasteiger partial charge in [-0.25, -0.2) is 0 Å². The number of rotatable bonds is 4. The van der Waals surface area contributed by atoms with Gasteiger partial charge in [-0.3, -0.25) is 0 Å². The van der Waals surface area contributed by atoms with Crippen molar-refractivity contribution in [1.82, 2.24) is 5.32 Å². The number of aliphatic hydroxyl groups is 1. The lowest BCUT2D eigenvalue weighted by molar-refractivity contribution is 0.117. The minimum atomic E-state index is -0.398. The highest BCUT2D eigenvalue weighted by molar-refractivity contribution is 5.36. The summed E-state index contributed by atoms with van der Waals surface area (Å²) < 4.78 is 0. The molecule has 0 bridgehead atoms. The first kappa shape index (κ1) is 15.1. The molecule has 2 N–H and O–H groups in total. The summed E-state index contributed by atoms with van der Waals surface area (Å²) >= 11 is 0. The second-order valence-electron chi connectivity index (χ2n) is 7.15. The van der Waals surface area contributed by atoms with Crippen LogP contribution in [0.1, 0.15) is 68.7 Å². The van der Waals surface area contributed by atoms with Crippen LogP contribution in [0, 0.1) is 5.92 Å². The molecule has 1 aromatic carbocycles. The summed E-state index contributed by atoms with van der Waals surface area (Å²) in [7, 11) is 0. The molecule has 4 atom stereocenters. The van der Waals surface area contributed by atoms with Gasteiger partial charge in [-0.1, -0.05) is 38.0 Å². The van der Waals surface area contributed by atoms with Gasteiger partial charge < -0.3 is 10.4 Å². The summed E-state index contributed by atoms with van der Waals surface area (Å²) in [5.74, 6) is 0.730. The Labute approximate surface area is 129 Å². The molecule has 0 heterocycles. The normalized spacial score (nSPS) is 28.1. The molecule has 0 aliphatic heterocycles. The van der Waals surface area contributed by atoms with E-state index in [1.54, 1.807) is 0 Å². The van der Waals surface area contributed by atoms with Crippen LogP contribution < -0.4 is 5.32 Å². The SMILES string of the molecule is CC1CCCCC1NC(C)C(O)c1ccc2c(c1)CCC2. The minimum Gasteiger partial charge on any atom is -0.387 e. The third kappa shape index (κ3) is 3.32. The summed E-state index contributed by atoms with van der Waals surface area (Å²) in [6.07, 6.45) is 8.51. The fourth-order valence-corrected chi connectivity index (χ4v) is 4.06. The highest BCUT2D eigenvalue weighted by Crippen LogP contribution is 2.28. The lowest BCUT2D eigenvalue weighted by atomic mass is 9.85. The molecule has 1 aromatic rings. The van der Waals surface area contributed by atoms with Crippen LogP contribution in [-0.4, -0.2) is 17.2 Å². The molecule has 0 saturated heterocycles. The van der Waals surface area contributed by atoms with E-state index in [1.807, 2.05) is 0 Å². The zero-order valence-electron chi connectivity index (χ0n) is 13.4. The van der Waals surface area contributed by atoms with Gasteiger partial charge in [-0.2, -0.15) is 0 Å². The molecule has 0 spiro atoms. The van der Waals surface area contributed by atoms with E-state index in [-0.39, 0.29) is 6.04 Å². The zero-order valence-corrected chi connectivity index (χ0v) is 13.4. The zero-order chi connectivity index (χ0) is 14.8. The predicted molar refractivity (Wildman–Crippen MR) is 87.4 cm³/mol. The number of benzene rings is 1. The Morgan fingerprint density at radius 3 is 2.67 bits per heavy atom. The Kier molecular flexibility index (Phi) is 4.66. The number of aliphatic hydroxyl groups excluding tert-OH is 1. The van der Waals surface area contributed by atoms with Crippen LogP contribution in [0.3, 0.4) is 0 Å². The molecule has 0 aromatic heterocycles. The highest BCUT2D eigenvalue weighted by atomic mass is 16.3. The second kappa shape index (κ2) is 6.50. The third-order valence-corrected chi connectivity index (χ3v) is 5.53. The summed E-state index contributed by atoms with van der Waals surface area (Å²) in [4.78, 5) is 0. The van der Waals surface area contributed by atoms with Gasteiger partial charge in [-0.05, 0) is 61.6 Å². The maximum Gasteiger partial charge on any atom is 0.0940 e. The molecular weight excluding hydrogens is 258 g/mol. The quantitative estimate of drug-likeness (QED) is 0.883. The van der Waals surface area contributed by atoms with Crippen LogP contribution in [0.5, 0.6) is 0 Å². The predicted octanol–water partition coefficient (Wildman–Crippen LogP) is 3.77. The lowest BCUT2D eigenvalue weighted by Gasteiger charge is -2.34. The van der Waals surface area contributed by atoms with Crippen molar-refractivity contribution >= 4 is 0 Å². The van der Waals surface area contributed by atoms with Crippen molar-refractivity contribution in [2.45, 2.75) is 77.0 Å². The van der Waals surface area contributed by atoms with Crippen molar-refractivity contribution in [3.8, 4) is 0 Å². The molecule has 2 nitrogen and oxygen atoms in total. The minimum absolute atomic E-state index is 0.120. The van der Waals surface area contributed by atoms with Gasteiger partial charge in [0.05, 0.1) is 6.10 Å². The van der Waals surface area contributed by atoms with E-state index in [0.29, 0.717) is 6.04 Å². The summed E-state index contributed by atoms with van der Waals surface area (Å²) in [5.41, 5.74) is 4.01. The molecule has 21 heavy (non-hydrogen) atoms. The van der Waals surface area contributed by atoms with Gasteiger partial charge in [-0.15, -0.1) is 0 Å². The van der Waals surface area contributed by atoms with E-state index < -0.39 is 6.10 Å². The lowest BCUT2D eigenvalue weighted by Crippen LogP contribution is -2.44. The number of hydrogen-bond acceptors (Lipinski definition) is 2. The summed E-state index contributed by atoms with van der Waals surface area (Å²) in [6.45, 7) is 4.46. The summed E-state index contributed by atoms with van der Waals surface area (Å²) in [5, 5.41) is 14.4. The smallest absolute Gasteiger partial charge is 0.0940 e. The van der Waals surface area contributed by atoms with Gasteiger partial charge in [0.2, 0.25) is 0 Å². The average Bonchev–Trinajstić information content (AvgIpc) is 2.96. The fraction of sp³-hybridized carbons (Fsp3) is 0.684. The molecular formula is C19H29NO. The van der Waals surface area contributed by atoms with E-state index in [1.165, 1.54) is 56.1 Å². The Balaban J connectivity index is 1.65. The molecule has 116 valence electrons. The van der Waals surface area contributed by atoms with E-state index in [2.05, 4.69) is 37.4 Å². The Bertz CT molecular complexity index is 484. The van der Waals surface area contributed by atoms with Crippen LogP contribution in [0.15, 0.2) is 18.2 Å². The van der Waals surface area contributed by atoms with E-state index in [9.17, 15) is 5.11 Å². The fourth-order valence-electron chi connectivity index (χ4n) is 4.06. The Hall–Kier alpha value is -0.860. The van der Waals surface area contributed by atoms with Gasteiger partial charge in [0, 0.05) is 12.1 Å². The monoisotopic (exact) mass is 287 g/mol. The van der Waals surface area contributed by atoms with Crippen molar-refractivity contribution in [1.29, 1.82) is 0 Å². The van der Waals surface area contributed by atoms with Gasteiger partial charge >= 0.3 is 0 Å². The Morgan fingerprint density at radius 1 is 1.10 bits per heavy atom. The third-order valence-electron chi connectivity index (χ3n) is 5.53. The highest BCUT2D eigenvalue weighted by Gasteiger charge is 2.26. The maximum atomic E-state index is 10.7. The van der Waals surface area contributed by atoms with Crippen molar-refractivity contribution in [3.63, 3.8) is 0 Å². The summed E-state index contributed by atoms with van der Waals surface area (Å²) in [6, 6.07) is 7.26. The van der Waals surface area contributed by atoms with Gasteiger partial charge in [0.15, 0.2) is 0 Å². The van der Waals surface area contributed by atoms with Gasteiger partial charge in [0.1, 0.15) is 0 Å². The Morgan fingerprint density at radius 2 is 1.86 bits per heavy atom.